The molecule has 6 heteroatoms. The number of hydrogen-bond acceptors (Lipinski definition) is 4. The Morgan fingerprint density at radius 3 is 2.57 bits per heavy atom. The average molecular weight is 383 g/mol. The van der Waals surface area contributed by atoms with Crippen LogP contribution in [0.25, 0.3) is 0 Å². The third kappa shape index (κ3) is 2.83. The first-order chi connectivity index (χ1) is 13.6. The van der Waals surface area contributed by atoms with Crippen LogP contribution in [-0.4, -0.2) is 41.8 Å². The van der Waals surface area contributed by atoms with E-state index in [1.807, 2.05) is 18.2 Å². The molecular weight excluding hydrogens is 359 g/mol. The van der Waals surface area contributed by atoms with Crippen LogP contribution in [0.4, 0.5) is 10.1 Å². The van der Waals surface area contributed by atoms with E-state index in [2.05, 4.69) is 9.48 Å². The minimum absolute atomic E-state index is 0.297. The molecule has 0 fully saturated rings. The molecular formula is C22H24FN2O3+. The number of rotatable bonds is 2. The second-order valence-corrected chi connectivity index (χ2v) is 7.62. The van der Waals surface area contributed by atoms with Crippen LogP contribution in [0.5, 0.6) is 11.5 Å². The third-order valence-corrected chi connectivity index (χ3v) is 5.87. The van der Waals surface area contributed by atoms with Gasteiger partial charge in [0, 0.05) is 18.1 Å². The lowest BCUT2D eigenvalue weighted by Crippen LogP contribution is -2.41. The maximum atomic E-state index is 13.5. The van der Waals surface area contributed by atoms with Crippen LogP contribution in [0, 0.1) is 5.82 Å². The van der Waals surface area contributed by atoms with Gasteiger partial charge >= 0.3 is 0 Å². The smallest absolute Gasteiger partial charge is 0.271 e. The van der Waals surface area contributed by atoms with Crippen molar-refractivity contribution in [3.05, 3.63) is 53.8 Å². The normalized spacial score (nSPS) is 24.1. The Bertz CT molecular complexity index is 928. The van der Waals surface area contributed by atoms with Crippen molar-refractivity contribution in [3.63, 3.8) is 0 Å². The summed E-state index contributed by atoms with van der Waals surface area (Å²) >= 11 is 0. The predicted octanol–water partition coefficient (Wildman–Crippen LogP) is 3.25. The quantitative estimate of drug-likeness (QED) is 0.809. The summed E-state index contributed by atoms with van der Waals surface area (Å²) in [6.07, 6.45) is 4.15. The van der Waals surface area contributed by atoms with E-state index in [1.165, 1.54) is 12.1 Å². The van der Waals surface area contributed by atoms with Crippen molar-refractivity contribution in [3.8, 4) is 11.5 Å². The van der Waals surface area contributed by atoms with Crippen LogP contribution in [0.2, 0.25) is 0 Å². The summed E-state index contributed by atoms with van der Waals surface area (Å²) in [6.45, 7) is 2.28. The van der Waals surface area contributed by atoms with Crippen molar-refractivity contribution in [2.75, 3.05) is 31.2 Å². The minimum atomic E-state index is -1.18. The highest BCUT2D eigenvalue weighted by Crippen LogP contribution is 2.39. The maximum Gasteiger partial charge on any atom is 0.271 e. The molecule has 0 radical (unpaired) electrons. The largest absolute Gasteiger partial charge is 0.486 e. The lowest BCUT2D eigenvalue weighted by molar-refractivity contribution is -0.658. The molecule has 3 aliphatic heterocycles. The van der Waals surface area contributed by atoms with Crippen LogP contribution in [0.1, 0.15) is 31.2 Å². The highest BCUT2D eigenvalue weighted by molar-refractivity contribution is 5.96. The van der Waals surface area contributed by atoms with E-state index >= 15 is 0 Å². The number of aliphatic hydroxyl groups is 1. The van der Waals surface area contributed by atoms with Gasteiger partial charge in [-0.15, -0.1) is 0 Å². The van der Waals surface area contributed by atoms with Gasteiger partial charge in [0.1, 0.15) is 24.7 Å². The van der Waals surface area contributed by atoms with Crippen LogP contribution in [0.15, 0.2) is 42.5 Å². The Morgan fingerprint density at radius 1 is 0.964 bits per heavy atom. The summed E-state index contributed by atoms with van der Waals surface area (Å²) in [6, 6.07) is 12.1. The molecule has 1 atom stereocenters. The zero-order chi connectivity index (χ0) is 19.1. The molecule has 2 aromatic carbocycles. The Balaban J connectivity index is 1.58. The fraction of sp³-hybridized carbons (Fsp3) is 0.409. The molecule has 0 bridgehead atoms. The summed E-state index contributed by atoms with van der Waals surface area (Å²) in [5.74, 6) is 2.31. The summed E-state index contributed by atoms with van der Waals surface area (Å²) < 4.78 is 27.0. The van der Waals surface area contributed by atoms with Gasteiger partial charge in [0.05, 0.1) is 6.54 Å². The molecule has 0 aromatic heterocycles. The average Bonchev–Trinajstić information content (AvgIpc) is 2.87. The summed E-state index contributed by atoms with van der Waals surface area (Å²) in [7, 11) is 0. The standard InChI is InChI=1S/C22H24FN2O3/c23-17-7-5-16(6-8-17)22(26)15-24(21-4-2-1-3-11-25(21)22)18-9-10-19-20(14-18)28-13-12-27-19/h5-10,14,26H,1-4,11-13,15H2/q+1/t22-/m1/s1. The van der Waals surface area contributed by atoms with Crippen LogP contribution >= 0.6 is 0 Å². The molecule has 1 N–H and O–H groups in total. The second kappa shape index (κ2) is 6.78. The zero-order valence-electron chi connectivity index (χ0n) is 15.7. The summed E-state index contributed by atoms with van der Waals surface area (Å²) in [5.41, 5.74) is 0.512. The molecule has 0 saturated carbocycles. The van der Waals surface area contributed by atoms with Crippen molar-refractivity contribution in [1.29, 1.82) is 0 Å². The van der Waals surface area contributed by atoms with Crippen molar-refractivity contribution in [1.82, 2.24) is 0 Å². The molecule has 3 aliphatic rings. The number of β-amino-alcohol motifs (C(OH)–C–C–N with tert-alkyl or cyclic N) is 1. The van der Waals surface area contributed by atoms with Crippen molar-refractivity contribution in [2.45, 2.75) is 31.4 Å². The van der Waals surface area contributed by atoms with Crippen molar-refractivity contribution < 1.29 is 23.5 Å². The summed E-state index contributed by atoms with van der Waals surface area (Å²) in [5, 5.41) is 11.7. The first-order valence-electron chi connectivity index (χ1n) is 9.94. The summed E-state index contributed by atoms with van der Waals surface area (Å²) in [4.78, 5) is 2.17. The number of amidine groups is 1. The number of benzene rings is 2. The fourth-order valence-corrected chi connectivity index (χ4v) is 4.47. The Labute approximate surface area is 163 Å². The Hall–Kier alpha value is -2.60. The first kappa shape index (κ1) is 17.5. The topological polar surface area (TPSA) is 44.9 Å². The number of halogens is 1. The van der Waals surface area contributed by atoms with Gasteiger partial charge in [-0.25, -0.2) is 13.9 Å². The molecule has 3 heterocycles. The van der Waals surface area contributed by atoms with E-state index in [9.17, 15) is 9.50 Å². The molecule has 5 rings (SSSR count). The SMILES string of the molecule is O[C@@]1(c2ccc(F)cc2)CN(c2ccc3c(c2)OCCO3)C2=[N+]1CCCCC2. The van der Waals surface area contributed by atoms with Gasteiger partial charge < -0.3 is 14.6 Å². The highest BCUT2D eigenvalue weighted by atomic mass is 19.1. The Kier molecular flexibility index (Phi) is 4.23. The number of nitrogens with zero attached hydrogens (tertiary/aromatic N) is 2. The van der Waals surface area contributed by atoms with Gasteiger partial charge in [0.25, 0.3) is 11.6 Å². The third-order valence-electron chi connectivity index (χ3n) is 5.87. The molecule has 2 aromatic rings. The molecule has 28 heavy (non-hydrogen) atoms. The number of hydrogen-bond donors (Lipinski definition) is 1. The van der Waals surface area contributed by atoms with E-state index in [0.717, 1.165) is 55.3 Å². The van der Waals surface area contributed by atoms with Crippen LogP contribution < -0.4 is 14.4 Å². The zero-order valence-corrected chi connectivity index (χ0v) is 15.7. The van der Waals surface area contributed by atoms with Crippen molar-refractivity contribution >= 4 is 11.5 Å². The lowest BCUT2D eigenvalue weighted by Gasteiger charge is -2.24. The van der Waals surface area contributed by atoms with E-state index in [0.29, 0.717) is 25.3 Å². The van der Waals surface area contributed by atoms with Crippen molar-refractivity contribution in [2.24, 2.45) is 0 Å². The molecule has 5 nitrogen and oxygen atoms in total. The molecule has 0 amide bonds. The first-order valence-corrected chi connectivity index (χ1v) is 9.94. The van der Waals surface area contributed by atoms with Crippen LogP contribution in [0.3, 0.4) is 0 Å². The molecule has 146 valence electrons. The van der Waals surface area contributed by atoms with E-state index in [-0.39, 0.29) is 5.82 Å². The minimum Gasteiger partial charge on any atom is -0.486 e. The van der Waals surface area contributed by atoms with Gasteiger partial charge in [0.2, 0.25) is 0 Å². The Morgan fingerprint density at radius 2 is 1.75 bits per heavy atom. The molecule has 0 aliphatic carbocycles. The van der Waals surface area contributed by atoms with E-state index in [4.69, 9.17) is 9.47 Å². The van der Waals surface area contributed by atoms with E-state index < -0.39 is 5.72 Å². The van der Waals surface area contributed by atoms with Crippen LogP contribution in [-0.2, 0) is 5.72 Å². The predicted molar refractivity (Wildman–Crippen MR) is 104 cm³/mol. The molecule has 0 unspecified atom stereocenters. The number of ether oxygens (including phenoxy) is 2. The monoisotopic (exact) mass is 383 g/mol. The van der Waals surface area contributed by atoms with Gasteiger partial charge in [-0.1, -0.05) is 0 Å². The van der Waals surface area contributed by atoms with Gasteiger partial charge in [-0.05, 0) is 55.7 Å². The van der Waals surface area contributed by atoms with Gasteiger partial charge in [-0.2, -0.15) is 0 Å². The van der Waals surface area contributed by atoms with Gasteiger partial charge in [0.15, 0.2) is 18.0 Å². The number of anilines is 1. The fourth-order valence-electron chi connectivity index (χ4n) is 4.47. The lowest BCUT2D eigenvalue weighted by atomic mass is 10.0. The van der Waals surface area contributed by atoms with E-state index in [1.54, 1.807) is 12.1 Å². The maximum absolute atomic E-state index is 13.5. The highest BCUT2D eigenvalue weighted by Gasteiger charge is 2.52. The molecule has 0 spiro atoms. The van der Waals surface area contributed by atoms with Gasteiger partial charge in [-0.3, -0.25) is 0 Å². The molecule has 0 saturated heterocycles. The second-order valence-electron chi connectivity index (χ2n) is 7.62. The number of fused-ring (bicyclic) bond motifs is 1.